The fourth-order valence-electron chi connectivity index (χ4n) is 2.47. The molecule has 0 unspecified atom stereocenters. The summed E-state index contributed by atoms with van der Waals surface area (Å²) < 4.78 is 0.262. The van der Waals surface area contributed by atoms with Crippen LogP contribution in [-0.4, -0.2) is 45.9 Å². The second-order valence-corrected chi connectivity index (χ2v) is 7.87. The maximum atomic E-state index is 12.7. The van der Waals surface area contributed by atoms with Gasteiger partial charge < -0.3 is 10.2 Å². The molecule has 1 aromatic heterocycles. The molecule has 2 heterocycles. The maximum Gasteiger partial charge on any atom is 0.254 e. The lowest BCUT2D eigenvalue weighted by molar-refractivity contribution is 0.0764. The van der Waals surface area contributed by atoms with E-state index in [1.54, 1.807) is 0 Å². The van der Waals surface area contributed by atoms with Crippen molar-refractivity contribution < 1.29 is 4.79 Å². The van der Waals surface area contributed by atoms with Crippen LogP contribution in [-0.2, 0) is 0 Å². The fourth-order valence-corrected chi connectivity index (χ4v) is 3.57. The van der Waals surface area contributed by atoms with E-state index < -0.39 is 0 Å². The lowest BCUT2D eigenvalue weighted by Gasteiger charge is -2.23. The van der Waals surface area contributed by atoms with Gasteiger partial charge in [0.2, 0.25) is 0 Å². The van der Waals surface area contributed by atoms with E-state index in [1.165, 1.54) is 0 Å². The highest BCUT2D eigenvalue weighted by molar-refractivity contribution is 8.00. The number of pyridine rings is 1. The molecule has 1 amide bonds. The summed E-state index contributed by atoms with van der Waals surface area (Å²) in [5, 5.41) is 3.19. The van der Waals surface area contributed by atoms with Crippen molar-refractivity contribution >= 4 is 23.5 Å². The highest BCUT2D eigenvalue weighted by Crippen LogP contribution is 2.31. The molecular formula is C16H25N3OS. The van der Waals surface area contributed by atoms with E-state index in [0.29, 0.717) is 0 Å². The summed E-state index contributed by atoms with van der Waals surface area (Å²) in [5.41, 5.74) is 1.62. The Kier molecular flexibility index (Phi) is 5.14. The number of nitrogens with zero attached hydrogens (tertiary/aromatic N) is 2. The normalized spacial score (nSPS) is 18.2. The molecule has 1 aliphatic rings. The molecule has 0 atom stereocenters. The van der Waals surface area contributed by atoms with Crippen LogP contribution in [0.15, 0.2) is 12.1 Å². The zero-order valence-electron chi connectivity index (χ0n) is 13.4. The zero-order chi connectivity index (χ0) is 15.5. The van der Waals surface area contributed by atoms with Crippen LogP contribution >= 0.6 is 11.8 Å². The average molecular weight is 307 g/mol. The Bertz CT molecular complexity index is 516. The molecule has 1 aromatic rings. The molecule has 1 aliphatic heterocycles. The van der Waals surface area contributed by atoms with E-state index in [9.17, 15) is 4.79 Å². The van der Waals surface area contributed by atoms with E-state index in [0.717, 1.165) is 48.9 Å². The van der Waals surface area contributed by atoms with Crippen molar-refractivity contribution in [3.8, 4) is 0 Å². The van der Waals surface area contributed by atoms with Crippen LogP contribution in [0.1, 0.15) is 43.2 Å². The van der Waals surface area contributed by atoms with Crippen molar-refractivity contribution in [3.63, 3.8) is 0 Å². The third-order valence-electron chi connectivity index (χ3n) is 3.68. The first-order chi connectivity index (χ1) is 9.91. The minimum Gasteiger partial charge on any atom is -0.370 e. The molecular weight excluding hydrogens is 282 g/mol. The summed E-state index contributed by atoms with van der Waals surface area (Å²) in [5.74, 6) is 1.91. The molecule has 4 nitrogen and oxygen atoms in total. The summed E-state index contributed by atoms with van der Waals surface area (Å²) in [7, 11) is 0. The highest BCUT2D eigenvalue weighted by Gasteiger charge is 2.26. The quantitative estimate of drug-likeness (QED) is 0.931. The fraction of sp³-hybridized carbons (Fsp3) is 0.625. The first-order valence-corrected chi connectivity index (χ1v) is 8.55. The van der Waals surface area contributed by atoms with Gasteiger partial charge >= 0.3 is 0 Å². The van der Waals surface area contributed by atoms with Gasteiger partial charge in [-0.3, -0.25) is 4.79 Å². The molecule has 2 rings (SSSR count). The number of aryl methyl sites for hydroxylation is 1. The largest absolute Gasteiger partial charge is 0.370 e. The molecule has 116 valence electrons. The number of aromatic nitrogens is 1. The molecule has 0 spiro atoms. The number of carbonyl (C=O) groups is 1. The van der Waals surface area contributed by atoms with E-state index in [-0.39, 0.29) is 10.7 Å². The van der Waals surface area contributed by atoms with E-state index in [4.69, 9.17) is 0 Å². The van der Waals surface area contributed by atoms with Crippen LogP contribution in [0.5, 0.6) is 0 Å². The number of anilines is 1. The Morgan fingerprint density at radius 3 is 2.90 bits per heavy atom. The van der Waals surface area contributed by atoms with Crippen LogP contribution in [0.4, 0.5) is 5.82 Å². The second-order valence-electron chi connectivity index (χ2n) is 6.06. The number of hydrogen-bond donors (Lipinski definition) is 1. The summed E-state index contributed by atoms with van der Waals surface area (Å²) in [4.78, 5) is 19.1. The number of hydrogen-bond acceptors (Lipinski definition) is 4. The second kappa shape index (κ2) is 6.69. The Morgan fingerprint density at radius 2 is 2.19 bits per heavy atom. The number of thioether (sulfide) groups is 1. The van der Waals surface area contributed by atoms with E-state index in [2.05, 4.69) is 24.1 Å². The molecule has 1 N–H and O–H groups in total. The third kappa shape index (κ3) is 4.37. The predicted octanol–water partition coefficient (Wildman–Crippen LogP) is 3.18. The molecule has 1 fully saturated rings. The number of nitrogens with one attached hydrogen (secondary N) is 1. The molecule has 0 saturated carbocycles. The summed E-state index contributed by atoms with van der Waals surface area (Å²) in [6.45, 7) is 10.9. The molecule has 0 radical (unpaired) electrons. The smallest absolute Gasteiger partial charge is 0.254 e. The number of rotatable bonds is 3. The molecule has 0 bridgehead atoms. The van der Waals surface area contributed by atoms with Gasteiger partial charge in [0, 0.05) is 41.4 Å². The van der Waals surface area contributed by atoms with Crippen LogP contribution in [0.25, 0.3) is 0 Å². The van der Waals surface area contributed by atoms with E-state index in [1.807, 2.05) is 42.6 Å². The maximum absolute atomic E-state index is 12.7. The van der Waals surface area contributed by atoms with Gasteiger partial charge in [-0.2, -0.15) is 11.8 Å². The first-order valence-electron chi connectivity index (χ1n) is 7.57. The van der Waals surface area contributed by atoms with Gasteiger partial charge in [0.25, 0.3) is 5.91 Å². The number of carbonyl (C=O) groups excluding carboxylic acids is 1. The Hall–Kier alpha value is -1.23. The summed E-state index contributed by atoms with van der Waals surface area (Å²) >= 11 is 1.95. The van der Waals surface area contributed by atoms with Crippen molar-refractivity contribution in [3.05, 3.63) is 23.4 Å². The average Bonchev–Trinajstić information content (AvgIpc) is 2.58. The van der Waals surface area contributed by atoms with Gasteiger partial charge in [-0.1, -0.05) is 13.8 Å². The van der Waals surface area contributed by atoms with Gasteiger partial charge in [-0.15, -0.1) is 0 Å². The molecule has 5 heteroatoms. The van der Waals surface area contributed by atoms with Gasteiger partial charge in [0.15, 0.2) is 0 Å². The Labute approximate surface area is 131 Å². The van der Waals surface area contributed by atoms with Crippen LogP contribution in [0.3, 0.4) is 0 Å². The van der Waals surface area contributed by atoms with Gasteiger partial charge in [-0.25, -0.2) is 4.98 Å². The SMILES string of the molecule is CCNc1cc(C(=O)N2CCSC(C)(C)CC2)cc(C)n1. The third-order valence-corrected chi connectivity index (χ3v) is 5.06. The number of amides is 1. The first kappa shape index (κ1) is 16.1. The predicted molar refractivity (Wildman–Crippen MR) is 90.2 cm³/mol. The van der Waals surface area contributed by atoms with Gasteiger partial charge in [0.05, 0.1) is 0 Å². The molecule has 21 heavy (non-hydrogen) atoms. The van der Waals surface area contributed by atoms with Gasteiger partial charge in [-0.05, 0) is 32.4 Å². The van der Waals surface area contributed by atoms with Crippen molar-refractivity contribution in [2.45, 2.75) is 38.9 Å². The molecule has 0 aromatic carbocycles. The summed E-state index contributed by atoms with van der Waals surface area (Å²) in [6, 6.07) is 3.74. The molecule has 0 aliphatic carbocycles. The minimum atomic E-state index is 0.123. The van der Waals surface area contributed by atoms with Gasteiger partial charge in [0.1, 0.15) is 5.82 Å². The topological polar surface area (TPSA) is 45.2 Å². The monoisotopic (exact) mass is 307 g/mol. The van der Waals surface area contributed by atoms with Crippen LogP contribution in [0.2, 0.25) is 0 Å². The standard InChI is InChI=1S/C16H25N3OS/c1-5-17-14-11-13(10-12(2)18-14)15(20)19-7-6-16(3,4)21-9-8-19/h10-11H,5-9H2,1-4H3,(H,17,18). The summed E-state index contributed by atoms with van der Waals surface area (Å²) in [6.07, 6.45) is 1.04. The zero-order valence-corrected chi connectivity index (χ0v) is 14.2. The Morgan fingerprint density at radius 1 is 1.43 bits per heavy atom. The Balaban J connectivity index is 2.15. The lowest BCUT2D eigenvalue weighted by Crippen LogP contribution is -2.33. The van der Waals surface area contributed by atoms with Crippen molar-refractivity contribution in [1.29, 1.82) is 0 Å². The van der Waals surface area contributed by atoms with Crippen molar-refractivity contribution in [2.24, 2.45) is 0 Å². The van der Waals surface area contributed by atoms with Crippen LogP contribution in [0, 0.1) is 6.92 Å². The lowest BCUT2D eigenvalue weighted by atomic mass is 10.1. The molecule has 1 saturated heterocycles. The minimum absolute atomic E-state index is 0.123. The van der Waals surface area contributed by atoms with Crippen molar-refractivity contribution in [1.82, 2.24) is 9.88 Å². The van der Waals surface area contributed by atoms with E-state index >= 15 is 0 Å². The van der Waals surface area contributed by atoms with Crippen LogP contribution < -0.4 is 5.32 Å². The van der Waals surface area contributed by atoms with Crippen molar-refractivity contribution in [2.75, 3.05) is 30.7 Å². The highest BCUT2D eigenvalue weighted by atomic mass is 32.2.